The summed E-state index contributed by atoms with van der Waals surface area (Å²) in [5.74, 6) is 0.711. The Hall–Kier alpha value is -0.140. The van der Waals surface area contributed by atoms with Gasteiger partial charge in [0.05, 0.1) is 24.4 Å². The van der Waals surface area contributed by atoms with Gasteiger partial charge in [-0.05, 0) is 25.2 Å². The lowest BCUT2D eigenvalue weighted by Gasteiger charge is -2.21. The molecule has 0 N–H and O–H groups in total. The number of sulfone groups is 1. The van der Waals surface area contributed by atoms with Crippen LogP contribution < -0.4 is 0 Å². The van der Waals surface area contributed by atoms with E-state index in [0.717, 1.165) is 6.26 Å². The first-order valence-electron chi connectivity index (χ1n) is 4.83. The predicted octanol–water partition coefficient (Wildman–Crippen LogP) is 0.178. The molecule has 1 aliphatic rings. The first-order chi connectivity index (χ1) is 6.79. The highest BCUT2D eigenvalue weighted by atomic mass is 32.2. The molecule has 0 amide bonds. The smallest absolute Gasteiger partial charge is 0.264 e. The maximum Gasteiger partial charge on any atom is 0.264 e. The van der Waals surface area contributed by atoms with Gasteiger partial charge in [-0.3, -0.25) is 4.18 Å². The normalized spacial score (nSPS) is 22.7. The van der Waals surface area contributed by atoms with E-state index >= 15 is 0 Å². The van der Waals surface area contributed by atoms with Crippen molar-refractivity contribution >= 4 is 20.0 Å². The van der Waals surface area contributed by atoms with Crippen LogP contribution in [0.15, 0.2) is 0 Å². The summed E-state index contributed by atoms with van der Waals surface area (Å²) in [6, 6.07) is 0. The average molecular weight is 256 g/mol. The van der Waals surface area contributed by atoms with Crippen LogP contribution in [0.4, 0.5) is 0 Å². The molecular formula is C8H16O5S2. The van der Waals surface area contributed by atoms with E-state index in [-0.39, 0.29) is 24.0 Å². The first kappa shape index (κ1) is 12.9. The molecule has 1 fully saturated rings. The molecule has 0 aromatic carbocycles. The average Bonchev–Trinajstić information content (AvgIpc) is 2.06. The quantitative estimate of drug-likeness (QED) is 0.670. The van der Waals surface area contributed by atoms with Crippen molar-refractivity contribution in [1.29, 1.82) is 0 Å². The van der Waals surface area contributed by atoms with Crippen LogP contribution in [0.2, 0.25) is 0 Å². The largest absolute Gasteiger partial charge is 0.270 e. The molecular weight excluding hydrogens is 240 g/mol. The maximum atomic E-state index is 11.1. The Kier molecular flexibility index (Phi) is 4.13. The number of hydrogen-bond acceptors (Lipinski definition) is 5. The molecule has 0 spiro atoms. The van der Waals surface area contributed by atoms with Crippen LogP contribution in [0, 0.1) is 5.92 Å². The summed E-state index contributed by atoms with van der Waals surface area (Å²) in [4.78, 5) is 0. The van der Waals surface area contributed by atoms with E-state index in [0.29, 0.717) is 19.3 Å². The fourth-order valence-electron chi connectivity index (χ4n) is 1.59. The zero-order valence-corrected chi connectivity index (χ0v) is 10.3. The minimum atomic E-state index is -3.37. The Labute approximate surface area is 90.9 Å². The second-order valence-electron chi connectivity index (χ2n) is 3.91. The first-order valence-corrected chi connectivity index (χ1v) is 8.47. The molecule has 0 aromatic rings. The minimum absolute atomic E-state index is 0.156. The van der Waals surface area contributed by atoms with Crippen LogP contribution in [0.5, 0.6) is 0 Å². The van der Waals surface area contributed by atoms with Crippen molar-refractivity contribution in [3.05, 3.63) is 0 Å². The highest BCUT2D eigenvalue weighted by Crippen LogP contribution is 2.21. The van der Waals surface area contributed by atoms with Gasteiger partial charge in [-0.15, -0.1) is 0 Å². The molecule has 1 saturated heterocycles. The Balaban J connectivity index is 2.25. The summed E-state index contributed by atoms with van der Waals surface area (Å²) in [7, 11) is -6.19. The van der Waals surface area contributed by atoms with E-state index < -0.39 is 20.0 Å². The van der Waals surface area contributed by atoms with Gasteiger partial charge in [-0.2, -0.15) is 8.42 Å². The van der Waals surface area contributed by atoms with Crippen molar-refractivity contribution in [2.45, 2.75) is 19.3 Å². The Morgan fingerprint density at radius 2 is 1.80 bits per heavy atom. The molecule has 0 unspecified atom stereocenters. The highest BCUT2D eigenvalue weighted by Gasteiger charge is 2.23. The predicted molar refractivity (Wildman–Crippen MR) is 56.8 cm³/mol. The van der Waals surface area contributed by atoms with Gasteiger partial charge in [0.1, 0.15) is 9.84 Å². The Bertz CT molecular complexity index is 381. The van der Waals surface area contributed by atoms with Gasteiger partial charge >= 0.3 is 0 Å². The Morgan fingerprint density at radius 3 is 2.27 bits per heavy atom. The van der Waals surface area contributed by atoms with Crippen LogP contribution in [0.1, 0.15) is 19.3 Å². The fraction of sp³-hybridized carbons (Fsp3) is 1.00. The second kappa shape index (κ2) is 4.80. The lowest BCUT2D eigenvalue weighted by molar-refractivity contribution is 0.276. The summed E-state index contributed by atoms with van der Waals surface area (Å²) in [5.41, 5.74) is 0. The molecule has 90 valence electrons. The summed E-state index contributed by atoms with van der Waals surface area (Å²) in [5, 5.41) is 0. The molecule has 0 saturated carbocycles. The van der Waals surface area contributed by atoms with Gasteiger partial charge in [0, 0.05) is 0 Å². The molecule has 15 heavy (non-hydrogen) atoms. The molecule has 7 heteroatoms. The fourth-order valence-corrected chi connectivity index (χ4v) is 3.58. The zero-order valence-electron chi connectivity index (χ0n) is 8.68. The molecule has 1 rings (SSSR count). The van der Waals surface area contributed by atoms with Gasteiger partial charge in [0.25, 0.3) is 10.1 Å². The van der Waals surface area contributed by atoms with Gasteiger partial charge in [-0.25, -0.2) is 8.42 Å². The zero-order chi connectivity index (χ0) is 11.5. The molecule has 0 atom stereocenters. The summed E-state index contributed by atoms with van der Waals surface area (Å²) in [6.07, 6.45) is 2.87. The maximum absolute atomic E-state index is 11.1. The van der Waals surface area contributed by atoms with Gasteiger partial charge in [0.15, 0.2) is 0 Å². The van der Waals surface area contributed by atoms with Crippen molar-refractivity contribution in [1.82, 2.24) is 0 Å². The molecule has 0 aliphatic carbocycles. The molecule has 0 radical (unpaired) electrons. The van der Waals surface area contributed by atoms with Crippen molar-refractivity contribution in [3.8, 4) is 0 Å². The minimum Gasteiger partial charge on any atom is -0.270 e. The van der Waals surface area contributed by atoms with Gasteiger partial charge in [0.2, 0.25) is 0 Å². The molecule has 0 bridgehead atoms. The van der Waals surface area contributed by atoms with E-state index in [2.05, 4.69) is 4.18 Å². The third-order valence-electron chi connectivity index (χ3n) is 2.50. The molecule has 1 heterocycles. The number of hydrogen-bond donors (Lipinski definition) is 0. The second-order valence-corrected chi connectivity index (χ2v) is 7.86. The van der Waals surface area contributed by atoms with Crippen LogP contribution >= 0.6 is 0 Å². The van der Waals surface area contributed by atoms with Crippen LogP contribution in [-0.2, 0) is 24.1 Å². The van der Waals surface area contributed by atoms with Crippen molar-refractivity contribution in [2.24, 2.45) is 5.92 Å². The van der Waals surface area contributed by atoms with E-state index in [1.807, 2.05) is 0 Å². The van der Waals surface area contributed by atoms with E-state index in [4.69, 9.17) is 0 Å². The van der Waals surface area contributed by atoms with E-state index in [9.17, 15) is 16.8 Å². The van der Waals surface area contributed by atoms with Gasteiger partial charge in [-0.1, -0.05) is 0 Å². The highest BCUT2D eigenvalue weighted by molar-refractivity contribution is 7.91. The summed E-state index contributed by atoms with van der Waals surface area (Å²) < 4.78 is 48.1. The van der Waals surface area contributed by atoms with Crippen molar-refractivity contribution in [3.63, 3.8) is 0 Å². The molecule has 1 aliphatic heterocycles. The van der Waals surface area contributed by atoms with Crippen molar-refractivity contribution in [2.75, 3.05) is 24.4 Å². The molecule has 5 nitrogen and oxygen atoms in total. The lowest BCUT2D eigenvalue weighted by atomic mass is 10.00. The molecule has 0 aromatic heterocycles. The SMILES string of the molecule is CS(=O)(=O)OCCC1CCS(=O)(=O)CC1. The van der Waals surface area contributed by atoms with Crippen LogP contribution in [0.25, 0.3) is 0 Å². The third-order valence-corrected chi connectivity index (χ3v) is 4.81. The monoisotopic (exact) mass is 256 g/mol. The third kappa shape index (κ3) is 5.48. The van der Waals surface area contributed by atoms with E-state index in [1.165, 1.54) is 0 Å². The van der Waals surface area contributed by atoms with E-state index in [1.54, 1.807) is 0 Å². The van der Waals surface area contributed by atoms with Gasteiger partial charge < -0.3 is 0 Å². The lowest BCUT2D eigenvalue weighted by Crippen LogP contribution is -2.24. The van der Waals surface area contributed by atoms with Crippen LogP contribution in [-0.4, -0.2) is 41.2 Å². The summed E-state index contributed by atoms with van der Waals surface area (Å²) in [6.45, 7) is 0.156. The Morgan fingerprint density at radius 1 is 1.27 bits per heavy atom. The standard InChI is InChI=1S/C8H16O5S2/c1-14(9,10)13-5-2-8-3-6-15(11,12)7-4-8/h8H,2-7H2,1H3. The van der Waals surface area contributed by atoms with Crippen molar-refractivity contribution < 1.29 is 21.0 Å². The van der Waals surface area contributed by atoms with Crippen LogP contribution in [0.3, 0.4) is 0 Å². The number of rotatable bonds is 4. The topological polar surface area (TPSA) is 77.5 Å². The summed E-state index contributed by atoms with van der Waals surface area (Å²) >= 11 is 0.